The Balaban J connectivity index is 3.83. The second-order valence-corrected chi connectivity index (χ2v) is 4.43. The number of rotatable bonds is 1. The number of alkyl halides is 12. The van der Waals surface area contributed by atoms with Gasteiger partial charge >= 0.3 is 36.4 Å². The number of carbonyl (C=O) groups is 1. The molecule has 16 heteroatoms. The molecule has 1 aliphatic heterocycles. The molecule has 0 amide bonds. The van der Waals surface area contributed by atoms with Crippen molar-refractivity contribution in [1.82, 2.24) is 5.32 Å². The van der Waals surface area contributed by atoms with Gasteiger partial charge in [-0.3, -0.25) is 10.1 Å². The van der Waals surface area contributed by atoms with E-state index in [1.165, 1.54) is 0 Å². The summed E-state index contributed by atoms with van der Waals surface area (Å²) in [5.41, 5.74) is -12.5. The summed E-state index contributed by atoms with van der Waals surface area (Å²) in [4.78, 5) is 10.6. The minimum Gasteiger partial charge on any atom is -0.480 e. The lowest BCUT2D eigenvalue weighted by Gasteiger charge is -2.37. The molecule has 0 bridgehead atoms. The lowest BCUT2D eigenvalue weighted by Crippen LogP contribution is -2.66. The Bertz CT molecular complexity index is 486. The molecule has 1 rings (SSSR count). The van der Waals surface area contributed by atoms with E-state index in [2.05, 4.69) is 4.74 Å². The summed E-state index contributed by atoms with van der Waals surface area (Å²) in [5.74, 6) is -3.29. The van der Waals surface area contributed by atoms with E-state index in [0.717, 1.165) is 0 Å². The van der Waals surface area contributed by atoms with Crippen molar-refractivity contribution in [2.75, 3.05) is 0 Å². The van der Waals surface area contributed by atoms with Gasteiger partial charge in [0.25, 0.3) is 5.60 Å². The summed E-state index contributed by atoms with van der Waals surface area (Å²) >= 11 is 0. The molecule has 24 heavy (non-hydrogen) atoms. The molecule has 0 radical (unpaired) electrons. The standard InChI is InChI=1S/C8H3F12NO3/c9-5(10,11)3(6(12,13)14)1(2(22)23)21-4(24-3,7(15,16)17)8(18,19)20/h1,21H,(H,22,23). The highest BCUT2D eigenvalue weighted by Crippen LogP contribution is 2.59. The topological polar surface area (TPSA) is 58.6 Å². The first-order chi connectivity index (χ1) is 10.2. The van der Waals surface area contributed by atoms with Crippen LogP contribution in [0.1, 0.15) is 0 Å². The van der Waals surface area contributed by atoms with Crippen LogP contribution in [0.2, 0.25) is 0 Å². The van der Waals surface area contributed by atoms with E-state index < -0.39 is 48.0 Å². The summed E-state index contributed by atoms with van der Waals surface area (Å²) in [5, 5.41) is 8.14. The van der Waals surface area contributed by atoms with Gasteiger partial charge in [0.15, 0.2) is 6.04 Å². The molecule has 2 N–H and O–H groups in total. The number of carboxylic acid groups (broad SMARTS) is 1. The molecule has 0 aromatic rings. The number of ether oxygens (including phenoxy) is 1. The Labute approximate surface area is 122 Å². The van der Waals surface area contributed by atoms with Crippen molar-refractivity contribution in [1.29, 1.82) is 0 Å². The van der Waals surface area contributed by atoms with Crippen molar-refractivity contribution in [2.45, 2.75) is 42.1 Å². The average molecular weight is 389 g/mol. The van der Waals surface area contributed by atoms with Crippen LogP contribution in [-0.4, -0.2) is 53.1 Å². The van der Waals surface area contributed by atoms with E-state index in [1.54, 1.807) is 0 Å². The summed E-state index contributed by atoms with van der Waals surface area (Å²) in [6.45, 7) is 0. The fourth-order valence-corrected chi connectivity index (χ4v) is 1.91. The van der Waals surface area contributed by atoms with Gasteiger partial charge in [-0.1, -0.05) is 0 Å². The molecule has 1 saturated heterocycles. The molecule has 1 aliphatic rings. The first kappa shape index (κ1) is 20.6. The number of carboxylic acids is 1. The third-order valence-electron chi connectivity index (χ3n) is 2.96. The van der Waals surface area contributed by atoms with Crippen molar-refractivity contribution in [3.05, 3.63) is 0 Å². The maximum atomic E-state index is 12.8. The second kappa shape index (κ2) is 5.03. The Kier molecular flexibility index (Phi) is 4.31. The zero-order valence-electron chi connectivity index (χ0n) is 10.4. The van der Waals surface area contributed by atoms with Crippen LogP contribution < -0.4 is 5.32 Å². The molecule has 0 aromatic heterocycles. The molecule has 0 saturated carbocycles. The van der Waals surface area contributed by atoms with E-state index in [9.17, 15) is 57.5 Å². The van der Waals surface area contributed by atoms with Crippen molar-refractivity contribution in [3.8, 4) is 0 Å². The molecule has 1 atom stereocenters. The molecule has 1 fully saturated rings. The van der Waals surface area contributed by atoms with Crippen LogP contribution in [0, 0.1) is 0 Å². The first-order valence-corrected chi connectivity index (χ1v) is 5.22. The van der Waals surface area contributed by atoms with Gasteiger partial charge in [-0.25, -0.2) is 0 Å². The first-order valence-electron chi connectivity index (χ1n) is 5.22. The SMILES string of the molecule is O=C(O)C1NC(C(F)(F)F)(C(F)(F)F)OC1(C(F)(F)F)C(F)(F)F. The van der Waals surface area contributed by atoms with Gasteiger partial charge in [-0.2, -0.15) is 52.7 Å². The van der Waals surface area contributed by atoms with E-state index in [-0.39, 0.29) is 5.32 Å². The smallest absolute Gasteiger partial charge is 0.440 e. The fourth-order valence-electron chi connectivity index (χ4n) is 1.91. The van der Waals surface area contributed by atoms with E-state index >= 15 is 0 Å². The van der Waals surface area contributed by atoms with Crippen LogP contribution in [0.15, 0.2) is 0 Å². The third-order valence-corrected chi connectivity index (χ3v) is 2.96. The van der Waals surface area contributed by atoms with Crippen LogP contribution in [0.5, 0.6) is 0 Å². The Hall–Kier alpha value is -1.45. The highest BCUT2D eigenvalue weighted by atomic mass is 19.4. The van der Waals surface area contributed by atoms with Crippen LogP contribution >= 0.6 is 0 Å². The number of aliphatic carboxylic acids is 1. The number of nitrogens with one attached hydrogen (secondary N) is 1. The van der Waals surface area contributed by atoms with Crippen LogP contribution in [-0.2, 0) is 9.53 Å². The van der Waals surface area contributed by atoms with Gasteiger partial charge in [-0.05, 0) is 0 Å². The number of halogens is 12. The number of hydrogen-bond acceptors (Lipinski definition) is 3. The minimum atomic E-state index is -6.99. The predicted octanol–water partition coefficient (Wildman–Crippen LogP) is 2.74. The molecule has 4 nitrogen and oxygen atoms in total. The van der Waals surface area contributed by atoms with Crippen LogP contribution in [0.3, 0.4) is 0 Å². The van der Waals surface area contributed by atoms with Crippen LogP contribution in [0.25, 0.3) is 0 Å². The van der Waals surface area contributed by atoms with Gasteiger partial charge in [0.05, 0.1) is 0 Å². The second-order valence-electron chi connectivity index (χ2n) is 4.43. The highest BCUT2D eigenvalue weighted by molar-refractivity contribution is 5.76. The average Bonchev–Trinajstić information content (AvgIpc) is 2.63. The van der Waals surface area contributed by atoms with Gasteiger partial charge in [-0.15, -0.1) is 0 Å². The van der Waals surface area contributed by atoms with Gasteiger partial charge in [0, 0.05) is 0 Å². The van der Waals surface area contributed by atoms with E-state index in [0.29, 0.717) is 0 Å². The monoisotopic (exact) mass is 389 g/mol. The van der Waals surface area contributed by atoms with Crippen molar-refractivity contribution in [3.63, 3.8) is 0 Å². The zero-order chi connectivity index (χ0) is 19.6. The summed E-state index contributed by atoms with van der Waals surface area (Å²) in [6, 6.07) is -4.47. The van der Waals surface area contributed by atoms with Crippen molar-refractivity contribution in [2.24, 2.45) is 0 Å². The van der Waals surface area contributed by atoms with Crippen molar-refractivity contribution >= 4 is 5.97 Å². The quantitative estimate of drug-likeness (QED) is 0.678. The molecule has 0 spiro atoms. The normalized spacial score (nSPS) is 24.9. The van der Waals surface area contributed by atoms with Gasteiger partial charge < -0.3 is 9.84 Å². The number of hydrogen-bond donors (Lipinski definition) is 2. The highest BCUT2D eigenvalue weighted by Gasteiger charge is 2.90. The van der Waals surface area contributed by atoms with Crippen LogP contribution in [0.4, 0.5) is 52.7 Å². The molecular formula is C8H3F12NO3. The largest absolute Gasteiger partial charge is 0.480 e. The van der Waals surface area contributed by atoms with E-state index in [1.807, 2.05) is 0 Å². The van der Waals surface area contributed by atoms with E-state index in [4.69, 9.17) is 5.11 Å². The molecule has 0 aromatic carbocycles. The molecule has 1 heterocycles. The Morgan fingerprint density at radius 2 is 1.12 bits per heavy atom. The summed E-state index contributed by atoms with van der Waals surface area (Å²) in [6.07, 6.45) is -27.8. The molecule has 1 unspecified atom stereocenters. The lowest BCUT2D eigenvalue weighted by atomic mass is 9.93. The molecular weight excluding hydrogens is 386 g/mol. The molecule has 0 aliphatic carbocycles. The van der Waals surface area contributed by atoms with Gasteiger partial charge in [0.1, 0.15) is 0 Å². The Morgan fingerprint density at radius 3 is 1.29 bits per heavy atom. The maximum absolute atomic E-state index is 12.8. The van der Waals surface area contributed by atoms with Crippen molar-refractivity contribution < 1.29 is 67.3 Å². The fraction of sp³-hybridized carbons (Fsp3) is 0.875. The zero-order valence-corrected chi connectivity index (χ0v) is 10.4. The minimum absolute atomic E-state index is 0.224. The molecule has 142 valence electrons. The summed E-state index contributed by atoms with van der Waals surface area (Å²) < 4.78 is 155. The predicted molar refractivity (Wildman–Crippen MR) is 45.3 cm³/mol. The maximum Gasteiger partial charge on any atom is 0.440 e. The third kappa shape index (κ3) is 2.55. The lowest BCUT2D eigenvalue weighted by molar-refractivity contribution is -0.444. The summed E-state index contributed by atoms with van der Waals surface area (Å²) in [7, 11) is 0. The van der Waals surface area contributed by atoms with Gasteiger partial charge in [0.2, 0.25) is 0 Å². The Morgan fingerprint density at radius 1 is 0.792 bits per heavy atom.